The van der Waals surface area contributed by atoms with Gasteiger partial charge in [0.05, 0.1) is 0 Å². The second kappa shape index (κ2) is 4.73. The molecule has 0 fully saturated rings. The Kier molecular flexibility index (Phi) is 3.86. The van der Waals surface area contributed by atoms with Gasteiger partial charge in [0.15, 0.2) is 0 Å². The van der Waals surface area contributed by atoms with Gasteiger partial charge in [0.2, 0.25) is 0 Å². The molecule has 0 unspecified atom stereocenters. The Hall–Kier alpha value is -0.643. The summed E-state index contributed by atoms with van der Waals surface area (Å²) >= 11 is 0. The number of rotatable bonds is 4. The maximum Gasteiger partial charge on any atom is 0.368 e. The van der Waals surface area contributed by atoms with Gasteiger partial charge in [0.1, 0.15) is 0 Å². The molecule has 0 aliphatic heterocycles. The molecule has 0 aliphatic rings. The third-order valence-corrected chi connectivity index (χ3v) is 5.61. The molecule has 1 aromatic rings. The highest BCUT2D eigenvalue weighted by atomic mass is 28.4. The number of hydrogen-bond donors (Lipinski definition) is 0. The first-order valence-corrected chi connectivity index (χ1v) is 7.17. The monoisotopic (exact) mass is 210 g/mol. The molecule has 0 bridgehead atoms. The van der Waals surface area contributed by atoms with Crippen LogP contribution in [-0.2, 0) is 15.3 Å². The lowest BCUT2D eigenvalue weighted by Gasteiger charge is -2.23. The molecule has 0 amide bonds. The van der Waals surface area contributed by atoms with Crippen LogP contribution in [0.5, 0.6) is 0 Å². The Bertz CT molecular complexity index is 278. The lowest BCUT2D eigenvalue weighted by Crippen LogP contribution is -2.49. The van der Waals surface area contributed by atoms with Crippen molar-refractivity contribution in [1.29, 1.82) is 0 Å². The molecular formula is C11H18O2Si. The zero-order valence-corrected chi connectivity index (χ0v) is 10.3. The predicted molar refractivity (Wildman–Crippen MR) is 61.1 cm³/mol. The molecule has 1 rings (SSSR count). The van der Waals surface area contributed by atoms with E-state index in [-0.39, 0.29) is 0 Å². The van der Waals surface area contributed by atoms with E-state index >= 15 is 0 Å². The van der Waals surface area contributed by atoms with Crippen LogP contribution in [0.25, 0.3) is 0 Å². The van der Waals surface area contributed by atoms with Gasteiger partial charge >= 0.3 is 8.56 Å². The number of benzene rings is 1. The lowest BCUT2D eigenvalue weighted by atomic mass is 10.2. The van der Waals surface area contributed by atoms with Crippen LogP contribution in [0.4, 0.5) is 0 Å². The van der Waals surface area contributed by atoms with Crippen LogP contribution >= 0.6 is 0 Å². The predicted octanol–water partition coefficient (Wildman–Crippen LogP) is 1.82. The largest absolute Gasteiger partial charge is 0.394 e. The van der Waals surface area contributed by atoms with Crippen molar-refractivity contribution in [2.24, 2.45) is 0 Å². The summed E-state index contributed by atoms with van der Waals surface area (Å²) < 4.78 is 10.9. The maximum absolute atomic E-state index is 5.46. The third-order valence-electron chi connectivity index (χ3n) is 2.67. The van der Waals surface area contributed by atoms with Crippen LogP contribution < -0.4 is 5.19 Å². The van der Waals surface area contributed by atoms with Crippen LogP contribution in [0.3, 0.4) is 0 Å². The van der Waals surface area contributed by atoms with Gasteiger partial charge in [-0.2, -0.15) is 0 Å². The van der Waals surface area contributed by atoms with Crippen molar-refractivity contribution >= 4 is 13.7 Å². The molecule has 0 saturated carbocycles. The van der Waals surface area contributed by atoms with Crippen LogP contribution in [0.1, 0.15) is 12.5 Å². The molecule has 0 heterocycles. The first-order valence-electron chi connectivity index (χ1n) is 4.86. The zero-order chi connectivity index (χ0) is 10.6. The average Bonchev–Trinajstić information content (AvgIpc) is 2.28. The summed E-state index contributed by atoms with van der Waals surface area (Å²) in [6.45, 7) is 4.20. The summed E-state index contributed by atoms with van der Waals surface area (Å²) in [5, 5.41) is 1.18. The minimum atomic E-state index is -2.11. The van der Waals surface area contributed by atoms with E-state index in [0.717, 1.165) is 6.42 Å². The van der Waals surface area contributed by atoms with E-state index < -0.39 is 8.56 Å². The zero-order valence-electron chi connectivity index (χ0n) is 9.33. The molecular weight excluding hydrogens is 192 g/mol. The van der Waals surface area contributed by atoms with Crippen molar-refractivity contribution in [2.75, 3.05) is 14.2 Å². The molecule has 2 nitrogen and oxygen atoms in total. The van der Waals surface area contributed by atoms with Crippen LogP contribution in [0, 0.1) is 0 Å². The normalized spacial score (nSPS) is 11.7. The Morgan fingerprint density at radius 2 is 1.57 bits per heavy atom. The van der Waals surface area contributed by atoms with Gasteiger partial charge in [-0.25, -0.2) is 0 Å². The fourth-order valence-electron chi connectivity index (χ4n) is 1.36. The Morgan fingerprint density at radius 1 is 1.07 bits per heavy atom. The van der Waals surface area contributed by atoms with Gasteiger partial charge in [-0.05, 0) is 23.7 Å². The molecule has 3 heteroatoms. The van der Waals surface area contributed by atoms with Gasteiger partial charge in [-0.1, -0.05) is 31.2 Å². The third kappa shape index (κ3) is 2.23. The van der Waals surface area contributed by atoms with Crippen molar-refractivity contribution in [3.05, 3.63) is 29.8 Å². The highest BCUT2D eigenvalue weighted by Gasteiger charge is 2.31. The average molecular weight is 210 g/mol. The van der Waals surface area contributed by atoms with E-state index in [1.807, 2.05) is 6.55 Å². The van der Waals surface area contributed by atoms with E-state index in [1.54, 1.807) is 14.2 Å². The first-order chi connectivity index (χ1) is 6.66. The standard InChI is InChI=1S/C11H18O2Si/c1-5-10-6-8-11(9-7-10)14(4,12-2)13-3/h6-9H,5H2,1-4H3. The van der Waals surface area contributed by atoms with Crippen molar-refractivity contribution in [3.63, 3.8) is 0 Å². The molecule has 0 atom stereocenters. The topological polar surface area (TPSA) is 18.5 Å². The second-order valence-electron chi connectivity index (χ2n) is 3.40. The fraction of sp³-hybridized carbons (Fsp3) is 0.455. The minimum absolute atomic E-state index is 1.07. The molecule has 0 spiro atoms. The second-order valence-corrected chi connectivity index (χ2v) is 6.69. The van der Waals surface area contributed by atoms with Crippen molar-refractivity contribution in [2.45, 2.75) is 19.9 Å². The smallest absolute Gasteiger partial charge is 0.368 e. The van der Waals surface area contributed by atoms with Crippen molar-refractivity contribution < 1.29 is 8.85 Å². The summed E-state index contributed by atoms with van der Waals surface area (Å²) in [4.78, 5) is 0. The Balaban J connectivity index is 2.95. The molecule has 0 aliphatic carbocycles. The summed E-state index contributed by atoms with van der Waals surface area (Å²) in [5.74, 6) is 0. The van der Waals surface area contributed by atoms with Crippen LogP contribution in [0.15, 0.2) is 24.3 Å². The van der Waals surface area contributed by atoms with E-state index in [2.05, 4.69) is 31.2 Å². The summed E-state index contributed by atoms with van der Waals surface area (Å²) in [6, 6.07) is 8.49. The summed E-state index contributed by atoms with van der Waals surface area (Å²) in [5.41, 5.74) is 1.34. The van der Waals surface area contributed by atoms with Gasteiger partial charge in [-0.3, -0.25) is 0 Å². The molecule has 0 saturated heterocycles. The van der Waals surface area contributed by atoms with Crippen LogP contribution in [-0.4, -0.2) is 22.8 Å². The fourth-order valence-corrected chi connectivity index (χ4v) is 2.77. The number of hydrogen-bond acceptors (Lipinski definition) is 2. The molecule has 0 aromatic heterocycles. The highest BCUT2D eigenvalue weighted by Crippen LogP contribution is 2.07. The molecule has 0 radical (unpaired) electrons. The van der Waals surface area contributed by atoms with E-state index in [4.69, 9.17) is 8.85 Å². The summed E-state index contributed by atoms with van der Waals surface area (Å²) in [7, 11) is 1.31. The minimum Gasteiger partial charge on any atom is -0.394 e. The van der Waals surface area contributed by atoms with Gasteiger partial charge in [0, 0.05) is 14.2 Å². The highest BCUT2D eigenvalue weighted by molar-refractivity contribution is 6.79. The first kappa shape index (κ1) is 11.4. The van der Waals surface area contributed by atoms with Crippen LogP contribution in [0.2, 0.25) is 6.55 Å². The quantitative estimate of drug-likeness (QED) is 0.706. The number of aryl methyl sites for hydroxylation is 1. The van der Waals surface area contributed by atoms with Gasteiger partial charge in [0.25, 0.3) is 0 Å². The Labute approximate surface area is 87.1 Å². The van der Waals surface area contributed by atoms with E-state index in [9.17, 15) is 0 Å². The van der Waals surface area contributed by atoms with E-state index in [0.29, 0.717) is 0 Å². The summed E-state index contributed by atoms with van der Waals surface area (Å²) in [6.07, 6.45) is 1.07. The SMILES string of the molecule is CCc1ccc([Si](C)(OC)OC)cc1. The maximum atomic E-state index is 5.46. The van der Waals surface area contributed by atoms with Crippen molar-refractivity contribution in [3.8, 4) is 0 Å². The molecule has 1 aromatic carbocycles. The Morgan fingerprint density at radius 3 is 1.93 bits per heavy atom. The molecule has 0 N–H and O–H groups in total. The van der Waals surface area contributed by atoms with E-state index in [1.165, 1.54) is 10.8 Å². The van der Waals surface area contributed by atoms with Gasteiger partial charge in [-0.15, -0.1) is 0 Å². The molecule has 78 valence electrons. The lowest BCUT2D eigenvalue weighted by molar-refractivity contribution is 0.265. The molecule has 14 heavy (non-hydrogen) atoms. The van der Waals surface area contributed by atoms with Crippen molar-refractivity contribution in [1.82, 2.24) is 0 Å². The van der Waals surface area contributed by atoms with Gasteiger partial charge < -0.3 is 8.85 Å².